The van der Waals surface area contributed by atoms with Crippen LogP contribution in [0.25, 0.3) is 11.3 Å². The highest BCUT2D eigenvalue weighted by molar-refractivity contribution is 7.13. The third kappa shape index (κ3) is 3.05. The highest BCUT2D eigenvalue weighted by Crippen LogP contribution is 2.22. The van der Waals surface area contributed by atoms with Crippen LogP contribution in [0.15, 0.2) is 29.2 Å². The van der Waals surface area contributed by atoms with Gasteiger partial charge in [0.15, 0.2) is 0 Å². The van der Waals surface area contributed by atoms with Crippen molar-refractivity contribution in [3.05, 3.63) is 50.5 Å². The first-order valence-corrected chi connectivity index (χ1v) is 8.46. The van der Waals surface area contributed by atoms with Crippen LogP contribution in [0.4, 0.5) is 0 Å². The first kappa shape index (κ1) is 14.8. The molecule has 0 fully saturated rings. The molecule has 1 N–H and O–H groups in total. The molecule has 3 aromatic heterocycles. The molecule has 0 aliphatic heterocycles. The van der Waals surface area contributed by atoms with E-state index in [1.54, 1.807) is 23.7 Å². The van der Waals surface area contributed by atoms with E-state index in [4.69, 9.17) is 0 Å². The second-order valence-electron chi connectivity index (χ2n) is 4.69. The second-order valence-corrected chi connectivity index (χ2v) is 6.68. The molecule has 0 aliphatic carbocycles. The Labute approximate surface area is 136 Å². The predicted molar refractivity (Wildman–Crippen MR) is 88.1 cm³/mol. The Bertz CT molecular complexity index is 796. The van der Waals surface area contributed by atoms with Crippen molar-refractivity contribution in [2.24, 2.45) is 0 Å². The number of thiophene rings is 1. The summed E-state index contributed by atoms with van der Waals surface area (Å²) in [6.07, 6.45) is 3.30. The minimum absolute atomic E-state index is 0.120. The molecule has 1 amide bonds. The molecule has 3 aromatic rings. The zero-order valence-corrected chi connectivity index (χ0v) is 13.8. The number of aryl methyl sites for hydroxylation is 2. The molecular weight excluding hydrogens is 316 g/mol. The Balaban J connectivity index is 1.77. The van der Waals surface area contributed by atoms with Crippen molar-refractivity contribution in [1.29, 1.82) is 0 Å². The summed E-state index contributed by atoms with van der Waals surface area (Å²) in [5, 5.41) is 7.81. The van der Waals surface area contributed by atoms with Crippen LogP contribution in [0.1, 0.15) is 26.1 Å². The summed E-state index contributed by atoms with van der Waals surface area (Å²) < 4.78 is 0. The number of rotatable bonds is 4. The lowest BCUT2D eigenvalue weighted by Crippen LogP contribution is -2.23. The fourth-order valence-corrected chi connectivity index (χ4v) is 3.60. The number of carbonyl (C=O) groups excluding carboxylic acids is 1. The summed E-state index contributed by atoms with van der Waals surface area (Å²) in [4.78, 5) is 25.9. The molecule has 0 saturated carbocycles. The lowest BCUT2D eigenvalue weighted by Gasteiger charge is -2.07. The average molecular weight is 330 g/mol. The molecule has 0 unspecified atom stereocenters. The zero-order chi connectivity index (χ0) is 15.5. The monoisotopic (exact) mass is 330 g/mol. The number of amides is 1. The number of hydrogen-bond donors (Lipinski definition) is 1. The van der Waals surface area contributed by atoms with Crippen LogP contribution >= 0.6 is 22.7 Å². The molecule has 0 aromatic carbocycles. The normalized spacial score (nSPS) is 10.6. The van der Waals surface area contributed by atoms with Crippen molar-refractivity contribution in [3.8, 4) is 11.3 Å². The van der Waals surface area contributed by atoms with Gasteiger partial charge >= 0.3 is 0 Å². The van der Waals surface area contributed by atoms with Gasteiger partial charge in [0.1, 0.15) is 4.88 Å². The van der Waals surface area contributed by atoms with E-state index in [-0.39, 0.29) is 5.91 Å². The zero-order valence-electron chi connectivity index (χ0n) is 12.2. The van der Waals surface area contributed by atoms with Gasteiger partial charge in [-0.25, -0.2) is 4.98 Å². The highest BCUT2D eigenvalue weighted by Gasteiger charge is 2.15. The van der Waals surface area contributed by atoms with Crippen LogP contribution in [0.2, 0.25) is 0 Å². The third-order valence-electron chi connectivity index (χ3n) is 3.09. The predicted octanol–water partition coefficient (Wildman–Crippen LogP) is 3.21. The molecule has 0 saturated heterocycles. The first-order chi connectivity index (χ1) is 10.6. The molecule has 112 valence electrons. The number of hydrogen-bond acceptors (Lipinski definition) is 6. The Morgan fingerprint density at radius 3 is 2.77 bits per heavy atom. The number of aromatic nitrogens is 3. The van der Waals surface area contributed by atoms with Crippen LogP contribution in [-0.4, -0.2) is 20.9 Å². The summed E-state index contributed by atoms with van der Waals surface area (Å²) >= 11 is 3.01. The minimum atomic E-state index is -0.120. The summed E-state index contributed by atoms with van der Waals surface area (Å²) in [6, 6.07) is 2.00. The molecule has 3 rings (SSSR count). The summed E-state index contributed by atoms with van der Waals surface area (Å²) in [5.74, 6) is -0.120. The summed E-state index contributed by atoms with van der Waals surface area (Å²) in [5.41, 5.74) is 3.35. The van der Waals surface area contributed by atoms with E-state index in [0.29, 0.717) is 11.4 Å². The van der Waals surface area contributed by atoms with E-state index in [9.17, 15) is 4.79 Å². The van der Waals surface area contributed by atoms with Crippen LogP contribution in [0.5, 0.6) is 0 Å². The van der Waals surface area contributed by atoms with Crippen LogP contribution in [-0.2, 0) is 6.54 Å². The van der Waals surface area contributed by atoms with E-state index >= 15 is 0 Å². The molecule has 3 heterocycles. The number of nitrogens with one attached hydrogen (secondary N) is 1. The summed E-state index contributed by atoms with van der Waals surface area (Å²) in [7, 11) is 0. The van der Waals surface area contributed by atoms with Crippen molar-refractivity contribution in [2.45, 2.75) is 20.4 Å². The number of nitrogens with zero attached hydrogens (tertiary/aromatic N) is 3. The summed E-state index contributed by atoms with van der Waals surface area (Å²) in [6.45, 7) is 4.08. The van der Waals surface area contributed by atoms with Gasteiger partial charge in [0.05, 0.1) is 28.6 Å². The lowest BCUT2D eigenvalue weighted by molar-refractivity contribution is 0.0953. The Morgan fingerprint density at radius 1 is 1.27 bits per heavy atom. The maximum Gasteiger partial charge on any atom is 0.263 e. The molecule has 7 heteroatoms. The fourth-order valence-electron chi connectivity index (χ4n) is 2.12. The quantitative estimate of drug-likeness (QED) is 0.797. The first-order valence-electron chi connectivity index (χ1n) is 6.70. The van der Waals surface area contributed by atoms with Crippen molar-refractivity contribution in [1.82, 2.24) is 20.3 Å². The third-order valence-corrected chi connectivity index (χ3v) is 4.85. The van der Waals surface area contributed by atoms with Gasteiger partial charge in [0.25, 0.3) is 5.91 Å². The van der Waals surface area contributed by atoms with Gasteiger partial charge in [0, 0.05) is 23.3 Å². The van der Waals surface area contributed by atoms with E-state index in [1.807, 2.05) is 30.7 Å². The standard InChI is InChI=1S/C15H14N4OS2/c1-9-14(22-10(2)19-9)15(20)18-7-12-13(17-5-4-16-12)11-3-6-21-8-11/h3-6,8H,7H2,1-2H3,(H,18,20). The lowest BCUT2D eigenvalue weighted by atomic mass is 10.2. The van der Waals surface area contributed by atoms with E-state index in [0.717, 1.165) is 27.7 Å². The number of thiazole rings is 1. The molecule has 0 atom stereocenters. The smallest absolute Gasteiger partial charge is 0.263 e. The maximum atomic E-state index is 12.3. The topological polar surface area (TPSA) is 67.8 Å². The van der Waals surface area contributed by atoms with Gasteiger partial charge in [-0.3, -0.25) is 14.8 Å². The van der Waals surface area contributed by atoms with Crippen molar-refractivity contribution < 1.29 is 4.79 Å². The SMILES string of the molecule is Cc1nc(C)c(C(=O)NCc2nccnc2-c2ccsc2)s1. The fraction of sp³-hybridized carbons (Fsp3) is 0.200. The molecule has 0 spiro atoms. The Hall–Kier alpha value is -2.12. The van der Waals surface area contributed by atoms with Crippen LogP contribution < -0.4 is 5.32 Å². The van der Waals surface area contributed by atoms with Gasteiger partial charge < -0.3 is 5.32 Å². The molecule has 0 bridgehead atoms. The molecule has 0 radical (unpaired) electrons. The van der Waals surface area contributed by atoms with Gasteiger partial charge in [-0.15, -0.1) is 11.3 Å². The van der Waals surface area contributed by atoms with Crippen LogP contribution in [0.3, 0.4) is 0 Å². The maximum absolute atomic E-state index is 12.3. The van der Waals surface area contributed by atoms with E-state index in [1.165, 1.54) is 11.3 Å². The Morgan fingerprint density at radius 2 is 2.09 bits per heavy atom. The number of carbonyl (C=O) groups is 1. The molecule has 5 nitrogen and oxygen atoms in total. The molecule has 0 aliphatic rings. The van der Waals surface area contributed by atoms with Crippen molar-refractivity contribution in [2.75, 3.05) is 0 Å². The van der Waals surface area contributed by atoms with Gasteiger partial charge in [-0.05, 0) is 25.3 Å². The Kier molecular flexibility index (Phi) is 4.26. The average Bonchev–Trinajstić information content (AvgIpc) is 3.15. The van der Waals surface area contributed by atoms with Gasteiger partial charge in [0.2, 0.25) is 0 Å². The van der Waals surface area contributed by atoms with Crippen molar-refractivity contribution >= 4 is 28.6 Å². The van der Waals surface area contributed by atoms with Crippen molar-refractivity contribution in [3.63, 3.8) is 0 Å². The van der Waals surface area contributed by atoms with Gasteiger partial charge in [-0.2, -0.15) is 11.3 Å². The minimum Gasteiger partial charge on any atom is -0.346 e. The highest BCUT2D eigenvalue weighted by atomic mass is 32.1. The van der Waals surface area contributed by atoms with E-state index in [2.05, 4.69) is 20.3 Å². The molecular formula is C15H14N4OS2. The van der Waals surface area contributed by atoms with Gasteiger partial charge in [-0.1, -0.05) is 0 Å². The second kappa shape index (κ2) is 6.33. The van der Waals surface area contributed by atoms with Crippen LogP contribution in [0, 0.1) is 13.8 Å². The molecule has 22 heavy (non-hydrogen) atoms. The van der Waals surface area contributed by atoms with E-state index < -0.39 is 0 Å². The largest absolute Gasteiger partial charge is 0.346 e.